The minimum atomic E-state index is -2.60. The molecule has 2 heterocycles. The van der Waals surface area contributed by atoms with Crippen LogP contribution in [0.3, 0.4) is 0 Å². The number of hydrogen-bond acceptors (Lipinski definition) is 4. The Morgan fingerprint density at radius 2 is 1.30 bits per heavy atom. The number of benzene rings is 2. The molecular formula is C27H35BO3SSi. The summed E-state index contributed by atoms with van der Waals surface area (Å²) >= 11 is 1.72. The highest BCUT2D eigenvalue weighted by molar-refractivity contribution is 7.11. The summed E-state index contributed by atoms with van der Waals surface area (Å²) in [6.07, 6.45) is 0. The van der Waals surface area contributed by atoms with E-state index in [4.69, 9.17) is 13.7 Å². The van der Waals surface area contributed by atoms with E-state index in [-0.39, 0.29) is 23.4 Å². The lowest BCUT2D eigenvalue weighted by molar-refractivity contribution is 0.00578. The second-order valence-electron chi connectivity index (χ2n) is 10.8. The quantitative estimate of drug-likeness (QED) is 0.460. The molecule has 1 aromatic heterocycles. The zero-order chi connectivity index (χ0) is 23.9. The Morgan fingerprint density at radius 3 is 1.76 bits per heavy atom. The van der Waals surface area contributed by atoms with E-state index in [0.717, 1.165) is 5.46 Å². The summed E-state index contributed by atoms with van der Waals surface area (Å²) in [4.78, 5) is 1.17. The molecule has 0 spiro atoms. The Hall–Kier alpha value is -1.70. The van der Waals surface area contributed by atoms with Crippen molar-refractivity contribution >= 4 is 42.6 Å². The van der Waals surface area contributed by atoms with E-state index in [9.17, 15) is 0 Å². The van der Waals surface area contributed by atoms with Crippen molar-refractivity contribution in [3.8, 4) is 0 Å². The van der Waals surface area contributed by atoms with Crippen LogP contribution in [0, 0.1) is 0 Å². The van der Waals surface area contributed by atoms with Crippen molar-refractivity contribution in [1.82, 2.24) is 0 Å². The van der Waals surface area contributed by atoms with Crippen molar-refractivity contribution in [1.29, 1.82) is 0 Å². The SMILES string of the molecule is CC1(C)OB(c2ccsc2CO[Si](c2ccccc2)(c2ccccc2)C(C)(C)C)OC1(C)C. The highest BCUT2D eigenvalue weighted by Gasteiger charge is 2.53. The predicted octanol–water partition coefficient (Wildman–Crippen LogP) is 5.12. The van der Waals surface area contributed by atoms with Gasteiger partial charge in [0.15, 0.2) is 0 Å². The van der Waals surface area contributed by atoms with Gasteiger partial charge in [-0.05, 0) is 53.9 Å². The van der Waals surface area contributed by atoms with Crippen molar-refractivity contribution < 1.29 is 13.7 Å². The van der Waals surface area contributed by atoms with Crippen LogP contribution in [0.5, 0.6) is 0 Å². The van der Waals surface area contributed by atoms with Crippen molar-refractivity contribution in [2.75, 3.05) is 0 Å². The van der Waals surface area contributed by atoms with Crippen LogP contribution >= 0.6 is 11.3 Å². The predicted molar refractivity (Wildman–Crippen MR) is 142 cm³/mol. The Kier molecular flexibility index (Phi) is 6.53. The van der Waals surface area contributed by atoms with E-state index in [1.54, 1.807) is 11.3 Å². The molecule has 174 valence electrons. The first-order valence-electron chi connectivity index (χ1n) is 11.6. The van der Waals surface area contributed by atoms with Gasteiger partial charge in [-0.2, -0.15) is 0 Å². The molecule has 33 heavy (non-hydrogen) atoms. The fraction of sp³-hybridized carbons (Fsp3) is 0.407. The van der Waals surface area contributed by atoms with Crippen LogP contribution in [0.2, 0.25) is 5.04 Å². The van der Waals surface area contributed by atoms with Crippen LogP contribution in [-0.2, 0) is 20.3 Å². The number of thiophene rings is 1. The second-order valence-corrected chi connectivity index (χ2v) is 16.1. The van der Waals surface area contributed by atoms with Crippen molar-refractivity contribution in [3.05, 3.63) is 77.0 Å². The summed E-state index contributed by atoms with van der Waals surface area (Å²) in [5.41, 5.74) is 0.349. The van der Waals surface area contributed by atoms with Crippen LogP contribution in [0.4, 0.5) is 0 Å². The van der Waals surface area contributed by atoms with E-state index < -0.39 is 8.32 Å². The lowest BCUT2D eigenvalue weighted by Gasteiger charge is -2.43. The van der Waals surface area contributed by atoms with Gasteiger partial charge >= 0.3 is 7.12 Å². The van der Waals surface area contributed by atoms with E-state index in [2.05, 4.69) is 121 Å². The maximum absolute atomic E-state index is 7.15. The van der Waals surface area contributed by atoms with Crippen LogP contribution < -0.4 is 15.8 Å². The van der Waals surface area contributed by atoms with Gasteiger partial charge in [-0.25, -0.2) is 0 Å². The minimum Gasteiger partial charge on any atom is -0.402 e. The molecule has 6 heteroatoms. The van der Waals surface area contributed by atoms with Gasteiger partial charge in [0.2, 0.25) is 0 Å². The molecule has 3 nitrogen and oxygen atoms in total. The summed E-state index contributed by atoms with van der Waals surface area (Å²) in [6, 6.07) is 23.7. The summed E-state index contributed by atoms with van der Waals surface area (Å²) in [5, 5.41) is 4.64. The average Bonchev–Trinajstić information content (AvgIpc) is 3.30. The Balaban J connectivity index is 1.72. The van der Waals surface area contributed by atoms with Gasteiger partial charge < -0.3 is 13.7 Å². The third-order valence-corrected chi connectivity index (χ3v) is 13.0. The molecule has 1 saturated heterocycles. The molecule has 0 bridgehead atoms. The Labute approximate surface area is 204 Å². The molecule has 1 aliphatic rings. The maximum atomic E-state index is 7.15. The van der Waals surface area contributed by atoms with E-state index in [1.807, 2.05) is 0 Å². The van der Waals surface area contributed by atoms with E-state index in [0.29, 0.717) is 6.61 Å². The van der Waals surface area contributed by atoms with Crippen LogP contribution in [0.25, 0.3) is 0 Å². The lowest BCUT2D eigenvalue weighted by Crippen LogP contribution is -2.66. The van der Waals surface area contributed by atoms with E-state index >= 15 is 0 Å². The first-order valence-corrected chi connectivity index (χ1v) is 14.4. The minimum absolute atomic E-state index is 0.0581. The van der Waals surface area contributed by atoms with Crippen molar-refractivity contribution in [3.63, 3.8) is 0 Å². The van der Waals surface area contributed by atoms with Gasteiger partial charge in [0.05, 0.1) is 17.8 Å². The monoisotopic (exact) mass is 478 g/mol. The first kappa shape index (κ1) is 24.4. The second kappa shape index (κ2) is 8.82. The summed E-state index contributed by atoms with van der Waals surface area (Å²) in [7, 11) is -2.98. The van der Waals surface area contributed by atoms with Gasteiger partial charge in [0, 0.05) is 4.88 Å². The Morgan fingerprint density at radius 1 is 0.818 bits per heavy atom. The molecule has 0 amide bonds. The lowest BCUT2D eigenvalue weighted by atomic mass is 9.79. The van der Waals surface area contributed by atoms with Gasteiger partial charge in [-0.1, -0.05) is 87.5 Å². The molecule has 0 unspecified atom stereocenters. The number of hydrogen-bond donors (Lipinski definition) is 0. The molecule has 0 atom stereocenters. The standard InChI is InChI=1S/C27H35BO3SSi/c1-25(2,3)33(21-14-10-8-11-15-21,22-16-12-9-13-17-22)29-20-24-23(18-19-32-24)28-30-26(4,5)27(6,7)31-28/h8-19H,20H2,1-7H3. The molecule has 3 aromatic rings. The molecule has 0 N–H and O–H groups in total. The highest BCUT2D eigenvalue weighted by atomic mass is 32.1. The van der Waals surface area contributed by atoms with Crippen molar-refractivity contribution in [2.24, 2.45) is 0 Å². The van der Waals surface area contributed by atoms with E-state index in [1.165, 1.54) is 15.3 Å². The molecule has 0 radical (unpaired) electrons. The maximum Gasteiger partial charge on any atom is 0.496 e. The normalized spacial score (nSPS) is 18.0. The zero-order valence-electron chi connectivity index (χ0n) is 20.8. The highest BCUT2D eigenvalue weighted by Crippen LogP contribution is 2.39. The average molecular weight is 479 g/mol. The van der Waals surface area contributed by atoms with Gasteiger partial charge in [0.25, 0.3) is 8.32 Å². The fourth-order valence-corrected chi connectivity index (χ4v) is 10.0. The molecule has 0 saturated carbocycles. The van der Waals surface area contributed by atoms with Gasteiger partial charge in [-0.3, -0.25) is 0 Å². The summed E-state index contributed by atoms with van der Waals surface area (Å²) in [5.74, 6) is 0. The van der Waals surface area contributed by atoms with Crippen LogP contribution in [-0.4, -0.2) is 26.6 Å². The first-order chi connectivity index (χ1) is 15.5. The Bertz CT molecular complexity index is 1020. The third-order valence-electron chi connectivity index (χ3n) is 7.12. The van der Waals surface area contributed by atoms with Crippen LogP contribution in [0.15, 0.2) is 72.1 Å². The summed E-state index contributed by atoms with van der Waals surface area (Å²) < 4.78 is 19.9. The molecule has 2 aromatic carbocycles. The molecular weight excluding hydrogens is 443 g/mol. The van der Waals surface area contributed by atoms with Crippen LogP contribution in [0.1, 0.15) is 53.3 Å². The third kappa shape index (κ3) is 4.40. The summed E-state index contributed by atoms with van der Waals surface area (Å²) in [6.45, 7) is 15.8. The van der Waals surface area contributed by atoms with Gasteiger partial charge in [0.1, 0.15) is 0 Å². The molecule has 0 aliphatic carbocycles. The molecule has 1 fully saturated rings. The fourth-order valence-electron chi connectivity index (χ4n) is 4.58. The smallest absolute Gasteiger partial charge is 0.402 e. The van der Waals surface area contributed by atoms with Gasteiger partial charge in [-0.15, -0.1) is 11.3 Å². The topological polar surface area (TPSA) is 27.7 Å². The number of rotatable bonds is 6. The molecule has 4 rings (SSSR count). The molecule has 1 aliphatic heterocycles. The van der Waals surface area contributed by atoms with Crippen molar-refractivity contribution in [2.45, 2.75) is 71.3 Å². The largest absolute Gasteiger partial charge is 0.496 e. The zero-order valence-corrected chi connectivity index (χ0v) is 22.7.